The van der Waals surface area contributed by atoms with Gasteiger partial charge in [-0.2, -0.15) is 4.37 Å². The second-order valence-electron chi connectivity index (χ2n) is 6.71. The smallest absolute Gasteiger partial charge is 0.317 e. The van der Waals surface area contributed by atoms with E-state index >= 15 is 0 Å². The van der Waals surface area contributed by atoms with Crippen LogP contribution in [0.3, 0.4) is 0 Å². The Hall–Kier alpha value is -2.22. The predicted molar refractivity (Wildman–Crippen MR) is 106 cm³/mol. The third-order valence-electron chi connectivity index (χ3n) is 4.59. The maximum absolute atomic E-state index is 13.0. The molecule has 1 aromatic carbocycles. The first kappa shape index (κ1) is 19.5. The van der Waals surface area contributed by atoms with Crippen LogP contribution < -0.4 is 10.2 Å². The number of unbranched alkanes of at least 4 members (excludes halogenated alkanes) is 1. The van der Waals surface area contributed by atoms with Gasteiger partial charge >= 0.3 is 6.03 Å². The third kappa shape index (κ3) is 5.63. The van der Waals surface area contributed by atoms with E-state index in [0.717, 1.165) is 62.0 Å². The highest BCUT2D eigenvalue weighted by Crippen LogP contribution is 2.20. The molecular formula is C19H26FN5OS. The molecule has 1 aliphatic rings. The van der Waals surface area contributed by atoms with Gasteiger partial charge in [0, 0.05) is 50.7 Å². The Bertz CT molecular complexity index is 736. The first-order valence-electron chi connectivity index (χ1n) is 9.50. The summed E-state index contributed by atoms with van der Waals surface area (Å²) in [7, 11) is 0. The van der Waals surface area contributed by atoms with Gasteiger partial charge in [0.05, 0.1) is 0 Å². The average Bonchev–Trinajstić information content (AvgIpc) is 2.98. The number of amides is 2. The minimum atomic E-state index is -0.237. The molecule has 0 aliphatic carbocycles. The average molecular weight is 392 g/mol. The molecule has 27 heavy (non-hydrogen) atoms. The standard InChI is InChI=1S/C19H26FN5OS/c1-2-3-9-21-18(26)24-10-4-11-25(13-12-24)19-22-17(23-27-19)14-15-5-7-16(20)8-6-15/h5-8H,2-4,9-14H2,1H3,(H,21,26). The van der Waals surface area contributed by atoms with Gasteiger partial charge in [-0.15, -0.1) is 0 Å². The monoisotopic (exact) mass is 391 g/mol. The summed E-state index contributed by atoms with van der Waals surface area (Å²) in [6.45, 7) is 5.91. The van der Waals surface area contributed by atoms with E-state index < -0.39 is 0 Å². The number of nitrogens with one attached hydrogen (secondary N) is 1. The van der Waals surface area contributed by atoms with Crippen LogP contribution >= 0.6 is 11.5 Å². The number of nitrogens with zero attached hydrogens (tertiary/aromatic N) is 4. The summed E-state index contributed by atoms with van der Waals surface area (Å²) < 4.78 is 17.5. The van der Waals surface area contributed by atoms with Crippen LogP contribution in [0.15, 0.2) is 24.3 Å². The number of aromatic nitrogens is 2. The van der Waals surface area contributed by atoms with Gasteiger partial charge in [-0.3, -0.25) is 0 Å². The maximum Gasteiger partial charge on any atom is 0.317 e. The van der Waals surface area contributed by atoms with Gasteiger partial charge in [0.1, 0.15) is 11.6 Å². The van der Waals surface area contributed by atoms with E-state index in [2.05, 4.69) is 26.5 Å². The molecule has 1 aromatic heterocycles. The largest absolute Gasteiger partial charge is 0.345 e. The van der Waals surface area contributed by atoms with Crippen molar-refractivity contribution in [3.05, 3.63) is 41.5 Å². The van der Waals surface area contributed by atoms with Crippen molar-refractivity contribution in [2.24, 2.45) is 0 Å². The number of rotatable bonds is 6. The van der Waals surface area contributed by atoms with Crippen molar-refractivity contribution in [2.45, 2.75) is 32.6 Å². The molecule has 0 bridgehead atoms. The van der Waals surface area contributed by atoms with Crippen molar-refractivity contribution >= 4 is 22.7 Å². The van der Waals surface area contributed by atoms with Crippen LogP contribution in [0.4, 0.5) is 14.3 Å². The van der Waals surface area contributed by atoms with Crippen LogP contribution in [0.2, 0.25) is 0 Å². The zero-order valence-corrected chi connectivity index (χ0v) is 16.5. The molecule has 1 fully saturated rings. The van der Waals surface area contributed by atoms with Crippen LogP contribution in [0, 0.1) is 5.82 Å². The molecule has 0 atom stereocenters. The second-order valence-corrected chi connectivity index (χ2v) is 7.44. The summed E-state index contributed by atoms with van der Waals surface area (Å²) >= 11 is 1.39. The Kier molecular flexibility index (Phi) is 6.98. The van der Waals surface area contributed by atoms with Crippen LogP contribution in [0.1, 0.15) is 37.6 Å². The number of anilines is 1. The SMILES string of the molecule is CCCCNC(=O)N1CCCN(c2nc(Cc3ccc(F)cc3)ns2)CC1. The lowest BCUT2D eigenvalue weighted by Crippen LogP contribution is -2.42. The Morgan fingerprint density at radius 2 is 2.04 bits per heavy atom. The van der Waals surface area contributed by atoms with Crippen molar-refractivity contribution in [3.8, 4) is 0 Å². The molecule has 0 radical (unpaired) electrons. The number of carbonyl (C=O) groups is 1. The van der Waals surface area contributed by atoms with Crippen LogP contribution in [-0.2, 0) is 6.42 Å². The maximum atomic E-state index is 13.0. The number of carbonyl (C=O) groups excluding carboxylic acids is 1. The van der Waals surface area contributed by atoms with Gasteiger partial charge in [-0.05, 0) is 30.5 Å². The fourth-order valence-corrected chi connectivity index (χ4v) is 3.76. The normalized spacial score (nSPS) is 14.9. The zero-order chi connectivity index (χ0) is 19.1. The molecule has 146 valence electrons. The Morgan fingerprint density at radius 1 is 1.22 bits per heavy atom. The number of hydrogen-bond donors (Lipinski definition) is 1. The first-order valence-corrected chi connectivity index (χ1v) is 10.3. The Balaban J connectivity index is 1.54. The van der Waals surface area contributed by atoms with E-state index in [1.165, 1.54) is 23.7 Å². The van der Waals surface area contributed by atoms with Crippen LogP contribution in [0.5, 0.6) is 0 Å². The van der Waals surface area contributed by atoms with Crippen molar-refractivity contribution in [3.63, 3.8) is 0 Å². The van der Waals surface area contributed by atoms with Gasteiger partial charge in [-0.25, -0.2) is 14.2 Å². The van der Waals surface area contributed by atoms with Crippen LogP contribution in [-0.4, -0.2) is 53.0 Å². The molecular weight excluding hydrogens is 365 g/mol. The van der Waals surface area contributed by atoms with Crippen molar-refractivity contribution in [2.75, 3.05) is 37.6 Å². The molecule has 1 aliphatic heterocycles. The second kappa shape index (κ2) is 9.64. The molecule has 1 saturated heterocycles. The highest BCUT2D eigenvalue weighted by molar-refractivity contribution is 7.09. The fraction of sp³-hybridized carbons (Fsp3) is 0.526. The van der Waals surface area contributed by atoms with E-state index in [-0.39, 0.29) is 11.8 Å². The van der Waals surface area contributed by atoms with E-state index in [4.69, 9.17) is 0 Å². The molecule has 2 aromatic rings. The number of hydrogen-bond acceptors (Lipinski definition) is 5. The molecule has 0 unspecified atom stereocenters. The summed E-state index contributed by atoms with van der Waals surface area (Å²) in [5, 5.41) is 3.88. The summed E-state index contributed by atoms with van der Waals surface area (Å²) in [6, 6.07) is 6.46. The highest BCUT2D eigenvalue weighted by atomic mass is 32.1. The highest BCUT2D eigenvalue weighted by Gasteiger charge is 2.21. The van der Waals surface area contributed by atoms with E-state index in [0.29, 0.717) is 13.0 Å². The van der Waals surface area contributed by atoms with Gasteiger partial charge in [0.15, 0.2) is 0 Å². The van der Waals surface area contributed by atoms with Gasteiger partial charge < -0.3 is 15.1 Å². The molecule has 0 saturated carbocycles. The lowest BCUT2D eigenvalue weighted by molar-refractivity contribution is 0.201. The minimum Gasteiger partial charge on any atom is -0.345 e. The number of urea groups is 1. The quantitative estimate of drug-likeness (QED) is 0.768. The van der Waals surface area contributed by atoms with E-state index in [9.17, 15) is 9.18 Å². The summed E-state index contributed by atoms with van der Waals surface area (Å²) in [5.74, 6) is 0.513. The van der Waals surface area contributed by atoms with Gasteiger partial charge in [0.25, 0.3) is 0 Å². The van der Waals surface area contributed by atoms with Gasteiger partial charge in [-0.1, -0.05) is 25.5 Å². The molecule has 2 heterocycles. The van der Waals surface area contributed by atoms with Crippen LogP contribution in [0.25, 0.3) is 0 Å². The van der Waals surface area contributed by atoms with Crippen molar-refractivity contribution < 1.29 is 9.18 Å². The minimum absolute atomic E-state index is 0.0274. The molecule has 6 nitrogen and oxygen atoms in total. The Labute approximate surface area is 163 Å². The molecule has 3 rings (SSSR count). The third-order valence-corrected chi connectivity index (χ3v) is 5.41. The molecule has 1 N–H and O–H groups in total. The molecule has 2 amide bonds. The lowest BCUT2D eigenvalue weighted by Gasteiger charge is -2.21. The summed E-state index contributed by atoms with van der Waals surface area (Å²) in [5.41, 5.74) is 0.992. The van der Waals surface area contributed by atoms with Gasteiger partial charge in [0.2, 0.25) is 5.13 Å². The predicted octanol–water partition coefficient (Wildman–Crippen LogP) is 3.29. The van der Waals surface area contributed by atoms with E-state index in [1.54, 1.807) is 12.1 Å². The topological polar surface area (TPSA) is 61.4 Å². The van der Waals surface area contributed by atoms with E-state index in [1.807, 2.05) is 4.90 Å². The number of benzene rings is 1. The fourth-order valence-electron chi connectivity index (χ4n) is 3.03. The lowest BCUT2D eigenvalue weighted by atomic mass is 10.1. The van der Waals surface area contributed by atoms with Crippen molar-refractivity contribution in [1.29, 1.82) is 0 Å². The Morgan fingerprint density at radius 3 is 2.81 bits per heavy atom. The summed E-state index contributed by atoms with van der Waals surface area (Å²) in [4.78, 5) is 21.0. The number of halogens is 1. The molecule has 8 heteroatoms. The first-order chi connectivity index (χ1) is 13.2. The zero-order valence-electron chi connectivity index (χ0n) is 15.7. The molecule has 0 spiro atoms. The van der Waals surface area contributed by atoms with Crippen molar-refractivity contribution in [1.82, 2.24) is 19.6 Å². The summed E-state index contributed by atoms with van der Waals surface area (Å²) in [6.07, 6.45) is 3.59.